The van der Waals surface area contributed by atoms with Crippen LogP contribution >= 0.6 is 0 Å². The number of unbranched alkanes of at least 4 members (excludes halogenated alkanes) is 2. The number of carboxylic acids is 1. The maximum absolute atomic E-state index is 11.3. The highest BCUT2D eigenvalue weighted by Gasteiger charge is 2.34. The van der Waals surface area contributed by atoms with E-state index >= 15 is 0 Å². The topological polar surface area (TPSA) is 37.3 Å². The largest absolute Gasteiger partial charge is 0.481 e. The van der Waals surface area contributed by atoms with Crippen LogP contribution < -0.4 is 0 Å². The van der Waals surface area contributed by atoms with E-state index in [1.807, 2.05) is 6.92 Å². The minimum atomic E-state index is -0.657. The SMILES string of the molecule is C#CCCCC(CC)(CCCC)C(=O)O. The van der Waals surface area contributed by atoms with Crippen LogP contribution in [-0.2, 0) is 4.79 Å². The summed E-state index contributed by atoms with van der Waals surface area (Å²) in [4.78, 5) is 11.3. The number of carboxylic acid groups (broad SMARTS) is 1. The first kappa shape index (κ1) is 14.0. The number of carbonyl (C=O) groups is 1. The molecule has 0 aliphatic rings. The zero-order chi connectivity index (χ0) is 11.7. The van der Waals surface area contributed by atoms with E-state index in [1.54, 1.807) is 0 Å². The Morgan fingerprint density at radius 2 is 1.93 bits per heavy atom. The number of aliphatic carboxylic acids is 1. The average molecular weight is 210 g/mol. The smallest absolute Gasteiger partial charge is 0.309 e. The summed E-state index contributed by atoms with van der Waals surface area (Å²) in [5.74, 6) is 1.91. The Balaban J connectivity index is 4.37. The molecule has 1 N–H and O–H groups in total. The lowest BCUT2D eigenvalue weighted by atomic mass is 9.76. The predicted octanol–water partition coefficient (Wildman–Crippen LogP) is 3.46. The maximum Gasteiger partial charge on any atom is 0.309 e. The standard InChI is InChI=1S/C13H22O2/c1-4-7-9-11-13(6-3,12(14)15)10-8-5-2/h1H,5-11H2,2-3H3,(H,14,15). The molecular weight excluding hydrogens is 188 g/mol. The Morgan fingerprint density at radius 1 is 1.33 bits per heavy atom. The van der Waals surface area contributed by atoms with Crippen molar-refractivity contribution in [2.45, 2.75) is 58.8 Å². The van der Waals surface area contributed by atoms with Crippen molar-refractivity contribution in [3.8, 4) is 12.3 Å². The molecule has 0 aromatic heterocycles. The molecule has 0 aromatic rings. The first-order chi connectivity index (χ1) is 7.13. The Labute approximate surface area is 93.1 Å². The third kappa shape index (κ3) is 4.38. The second-order valence-corrected chi connectivity index (χ2v) is 4.10. The van der Waals surface area contributed by atoms with E-state index in [0.717, 1.165) is 25.7 Å². The molecule has 1 atom stereocenters. The van der Waals surface area contributed by atoms with Crippen molar-refractivity contribution < 1.29 is 9.90 Å². The fourth-order valence-corrected chi connectivity index (χ4v) is 1.89. The van der Waals surface area contributed by atoms with Gasteiger partial charge < -0.3 is 5.11 Å². The van der Waals surface area contributed by atoms with E-state index < -0.39 is 11.4 Å². The van der Waals surface area contributed by atoms with Crippen molar-refractivity contribution in [3.05, 3.63) is 0 Å². The van der Waals surface area contributed by atoms with E-state index in [9.17, 15) is 9.90 Å². The molecular formula is C13H22O2. The molecule has 0 heterocycles. The molecule has 0 spiro atoms. The van der Waals surface area contributed by atoms with Crippen molar-refractivity contribution in [2.75, 3.05) is 0 Å². The maximum atomic E-state index is 11.3. The second-order valence-electron chi connectivity index (χ2n) is 4.10. The Hall–Kier alpha value is -0.970. The van der Waals surface area contributed by atoms with Crippen LogP contribution in [0.5, 0.6) is 0 Å². The van der Waals surface area contributed by atoms with E-state index in [2.05, 4.69) is 12.8 Å². The van der Waals surface area contributed by atoms with Gasteiger partial charge in [-0.05, 0) is 25.7 Å². The van der Waals surface area contributed by atoms with Crippen LogP contribution in [0.1, 0.15) is 58.8 Å². The molecule has 0 saturated heterocycles. The van der Waals surface area contributed by atoms with E-state index in [4.69, 9.17) is 6.42 Å². The summed E-state index contributed by atoms with van der Waals surface area (Å²) in [6.45, 7) is 4.05. The molecule has 0 saturated carbocycles. The van der Waals surface area contributed by atoms with Gasteiger partial charge in [-0.1, -0.05) is 26.7 Å². The highest BCUT2D eigenvalue weighted by Crippen LogP contribution is 2.34. The summed E-state index contributed by atoms with van der Waals surface area (Å²) >= 11 is 0. The number of rotatable bonds is 8. The van der Waals surface area contributed by atoms with Gasteiger partial charge in [0, 0.05) is 6.42 Å². The van der Waals surface area contributed by atoms with E-state index in [0.29, 0.717) is 19.3 Å². The highest BCUT2D eigenvalue weighted by atomic mass is 16.4. The van der Waals surface area contributed by atoms with Gasteiger partial charge in [0.15, 0.2) is 0 Å². The number of hydrogen-bond donors (Lipinski definition) is 1. The first-order valence-electron chi connectivity index (χ1n) is 5.79. The summed E-state index contributed by atoms with van der Waals surface area (Å²) in [6, 6.07) is 0. The van der Waals surface area contributed by atoms with Crippen LogP contribution in [-0.4, -0.2) is 11.1 Å². The van der Waals surface area contributed by atoms with Gasteiger partial charge in [-0.25, -0.2) is 0 Å². The molecule has 0 aliphatic heterocycles. The van der Waals surface area contributed by atoms with Gasteiger partial charge in [0.05, 0.1) is 5.41 Å². The molecule has 0 radical (unpaired) electrons. The van der Waals surface area contributed by atoms with Crippen molar-refractivity contribution in [1.29, 1.82) is 0 Å². The number of hydrogen-bond acceptors (Lipinski definition) is 1. The van der Waals surface area contributed by atoms with Crippen molar-refractivity contribution in [2.24, 2.45) is 5.41 Å². The van der Waals surface area contributed by atoms with E-state index in [-0.39, 0.29) is 0 Å². The lowest BCUT2D eigenvalue weighted by Crippen LogP contribution is -2.30. The first-order valence-corrected chi connectivity index (χ1v) is 5.79. The van der Waals surface area contributed by atoms with Gasteiger partial charge in [-0.2, -0.15) is 0 Å². The van der Waals surface area contributed by atoms with Gasteiger partial charge >= 0.3 is 5.97 Å². The van der Waals surface area contributed by atoms with Crippen molar-refractivity contribution in [1.82, 2.24) is 0 Å². The number of terminal acetylenes is 1. The highest BCUT2D eigenvalue weighted by molar-refractivity contribution is 5.74. The third-order valence-electron chi connectivity index (χ3n) is 3.12. The lowest BCUT2D eigenvalue weighted by molar-refractivity contribution is -0.150. The Kier molecular flexibility index (Phi) is 6.86. The predicted molar refractivity (Wildman–Crippen MR) is 62.6 cm³/mol. The molecule has 86 valence electrons. The zero-order valence-electron chi connectivity index (χ0n) is 9.88. The van der Waals surface area contributed by atoms with Crippen LogP contribution in [0.2, 0.25) is 0 Å². The van der Waals surface area contributed by atoms with Crippen LogP contribution in [0.3, 0.4) is 0 Å². The molecule has 0 rings (SSSR count). The summed E-state index contributed by atoms with van der Waals surface area (Å²) in [5.41, 5.74) is -0.535. The minimum Gasteiger partial charge on any atom is -0.481 e. The summed E-state index contributed by atoms with van der Waals surface area (Å²) < 4.78 is 0. The minimum absolute atomic E-state index is 0.535. The van der Waals surface area contributed by atoms with Crippen LogP contribution in [0.25, 0.3) is 0 Å². The normalized spacial score (nSPS) is 14.2. The molecule has 0 aliphatic carbocycles. The van der Waals surface area contributed by atoms with Crippen molar-refractivity contribution >= 4 is 5.97 Å². The molecule has 2 heteroatoms. The molecule has 0 aromatic carbocycles. The summed E-state index contributed by atoms with van der Waals surface area (Å²) in [5, 5.41) is 9.30. The lowest BCUT2D eigenvalue weighted by Gasteiger charge is -2.27. The molecule has 0 fully saturated rings. The quantitative estimate of drug-likeness (QED) is 0.492. The molecule has 1 unspecified atom stereocenters. The second kappa shape index (κ2) is 7.34. The molecule has 15 heavy (non-hydrogen) atoms. The van der Waals surface area contributed by atoms with Gasteiger partial charge in [-0.3, -0.25) is 4.79 Å². The van der Waals surface area contributed by atoms with Crippen LogP contribution in [0, 0.1) is 17.8 Å². The Bertz CT molecular complexity index is 227. The Morgan fingerprint density at radius 3 is 2.33 bits per heavy atom. The summed E-state index contributed by atoms with van der Waals surface area (Å²) in [7, 11) is 0. The van der Waals surface area contributed by atoms with Gasteiger partial charge in [0.25, 0.3) is 0 Å². The molecule has 0 bridgehead atoms. The van der Waals surface area contributed by atoms with Crippen molar-refractivity contribution in [3.63, 3.8) is 0 Å². The fraction of sp³-hybridized carbons (Fsp3) is 0.769. The monoisotopic (exact) mass is 210 g/mol. The molecule has 0 amide bonds. The van der Waals surface area contributed by atoms with Gasteiger partial charge in [0.1, 0.15) is 0 Å². The third-order valence-corrected chi connectivity index (χ3v) is 3.12. The molecule has 2 nitrogen and oxygen atoms in total. The zero-order valence-corrected chi connectivity index (χ0v) is 9.88. The van der Waals surface area contributed by atoms with E-state index in [1.165, 1.54) is 0 Å². The van der Waals surface area contributed by atoms with Gasteiger partial charge in [0.2, 0.25) is 0 Å². The summed E-state index contributed by atoms with van der Waals surface area (Å²) in [6.07, 6.45) is 10.9. The average Bonchev–Trinajstić information content (AvgIpc) is 2.23. The van der Waals surface area contributed by atoms with Crippen LogP contribution in [0.15, 0.2) is 0 Å². The fourth-order valence-electron chi connectivity index (χ4n) is 1.89. The van der Waals surface area contributed by atoms with Gasteiger partial charge in [-0.15, -0.1) is 12.3 Å². The van der Waals surface area contributed by atoms with Crippen LogP contribution in [0.4, 0.5) is 0 Å².